The smallest absolute Gasteiger partial charge is 0.160 e. The predicted octanol–water partition coefficient (Wildman–Crippen LogP) is 15.1. The van der Waals surface area contributed by atoms with Gasteiger partial charge in [-0.15, -0.1) is 0 Å². The highest BCUT2D eigenvalue weighted by molar-refractivity contribution is 6.27. The van der Waals surface area contributed by atoms with Crippen LogP contribution in [0.25, 0.3) is 60.3 Å². The van der Waals surface area contributed by atoms with Gasteiger partial charge in [0.1, 0.15) is 0 Å². The maximum Gasteiger partial charge on any atom is 0.160 e. The highest BCUT2D eigenvalue weighted by Crippen LogP contribution is 2.64. The van der Waals surface area contributed by atoms with Crippen molar-refractivity contribution in [3.63, 3.8) is 0 Å². The van der Waals surface area contributed by atoms with Gasteiger partial charge in [-0.2, -0.15) is 0 Å². The fourth-order valence-corrected chi connectivity index (χ4v) is 11.7. The van der Waals surface area contributed by atoms with Crippen molar-refractivity contribution >= 4 is 49.6 Å². The summed E-state index contributed by atoms with van der Waals surface area (Å²) in [7, 11) is 0. The highest BCUT2D eigenvalue weighted by Gasteiger charge is 2.53. The van der Waals surface area contributed by atoms with Crippen LogP contribution in [0.1, 0.15) is 91.1 Å². The average Bonchev–Trinajstić information content (AvgIpc) is 3.66. The van der Waals surface area contributed by atoms with Gasteiger partial charge < -0.3 is 0 Å². The van der Waals surface area contributed by atoms with E-state index in [1.807, 2.05) is 0 Å². The first-order valence-electron chi connectivity index (χ1n) is 22.4. The quantitative estimate of drug-likeness (QED) is 0.156. The van der Waals surface area contributed by atoms with Crippen LogP contribution < -0.4 is 0 Å². The number of aliphatic imine (C=N–C) groups is 2. The van der Waals surface area contributed by atoms with Gasteiger partial charge in [0.25, 0.3) is 0 Å². The van der Waals surface area contributed by atoms with Gasteiger partial charge in [0.15, 0.2) is 5.84 Å². The maximum atomic E-state index is 5.77. The third kappa shape index (κ3) is 4.95. The zero-order chi connectivity index (χ0) is 42.4. The van der Waals surface area contributed by atoms with E-state index in [-0.39, 0.29) is 5.41 Å². The molecule has 0 fully saturated rings. The third-order valence-electron chi connectivity index (χ3n) is 15.0. The van der Waals surface area contributed by atoms with Crippen LogP contribution in [0.15, 0.2) is 191 Å². The van der Waals surface area contributed by atoms with E-state index in [1.165, 1.54) is 93.5 Å². The van der Waals surface area contributed by atoms with Gasteiger partial charge in [0.2, 0.25) is 0 Å². The van der Waals surface area contributed by atoms with Crippen LogP contribution in [-0.2, 0) is 16.2 Å². The zero-order valence-corrected chi connectivity index (χ0v) is 36.3. The van der Waals surface area contributed by atoms with Crippen molar-refractivity contribution in [3.05, 3.63) is 232 Å². The molecule has 1 atom stereocenters. The minimum atomic E-state index is -0.464. The molecule has 0 amide bonds. The third-order valence-corrected chi connectivity index (χ3v) is 15.0. The summed E-state index contributed by atoms with van der Waals surface area (Å²) in [5, 5.41) is 7.59. The molecule has 2 heteroatoms. The van der Waals surface area contributed by atoms with Crippen LogP contribution in [0.2, 0.25) is 0 Å². The summed E-state index contributed by atoms with van der Waals surface area (Å²) in [6.45, 7) is 11.8. The second-order valence-electron chi connectivity index (χ2n) is 19.7. The first-order chi connectivity index (χ1) is 30.6. The van der Waals surface area contributed by atoms with E-state index in [2.05, 4.69) is 211 Å². The Kier molecular flexibility index (Phi) is 7.36. The predicted molar refractivity (Wildman–Crippen MR) is 264 cm³/mol. The zero-order valence-electron chi connectivity index (χ0n) is 36.3. The van der Waals surface area contributed by atoms with E-state index in [1.54, 1.807) is 0 Å². The Morgan fingerprint density at radius 1 is 0.429 bits per heavy atom. The molecule has 1 unspecified atom stereocenters. The molecular weight excluding hydrogens is 761 g/mol. The molecule has 0 aromatic heterocycles. The summed E-state index contributed by atoms with van der Waals surface area (Å²) in [5.74, 6) is 0.738. The van der Waals surface area contributed by atoms with E-state index in [0.717, 1.165) is 33.9 Å². The number of benzene rings is 9. The van der Waals surface area contributed by atoms with Gasteiger partial charge in [-0.05, 0) is 117 Å². The van der Waals surface area contributed by atoms with E-state index in [4.69, 9.17) is 9.98 Å². The number of nitrogens with zero attached hydrogens (tertiary/aromatic N) is 2. The van der Waals surface area contributed by atoms with Crippen molar-refractivity contribution in [1.29, 1.82) is 0 Å². The van der Waals surface area contributed by atoms with Gasteiger partial charge >= 0.3 is 0 Å². The Bertz CT molecular complexity index is 3560. The molecule has 0 N–H and O–H groups in total. The van der Waals surface area contributed by atoms with Gasteiger partial charge in [-0.1, -0.05) is 198 Å². The van der Waals surface area contributed by atoms with Crippen LogP contribution in [0.5, 0.6) is 0 Å². The SMILES string of the molecule is CC(C)(C)c1ccc2c(c1)C13c4ccccc4-c4ccc(cc41)C1=C(CC(c4ccc5c6ccccc6c6ccccc6c5c4)=NC(c4ccccc4)=N1)C(C)(C)c1ccc-2c3c1. The van der Waals surface area contributed by atoms with E-state index >= 15 is 0 Å². The summed E-state index contributed by atoms with van der Waals surface area (Å²) in [4.78, 5) is 11.4. The van der Waals surface area contributed by atoms with Crippen LogP contribution >= 0.6 is 0 Å². The molecule has 2 nitrogen and oxygen atoms in total. The number of hydrogen-bond donors (Lipinski definition) is 0. The van der Waals surface area contributed by atoms with Crippen molar-refractivity contribution in [1.82, 2.24) is 0 Å². The Morgan fingerprint density at radius 3 is 1.70 bits per heavy atom. The lowest BCUT2D eigenvalue weighted by atomic mass is 9.66. The largest absolute Gasteiger partial charge is 0.232 e. The van der Waals surface area contributed by atoms with Crippen molar-refractivity contribution in [2.75, 3.05) is 0 Å². The number of hydrogen-bond acceptors (Lipinski definition) is 2. The van der Waals surface area contributed by atoms with Gasteiger partial charge in [0, 0.05) is 23.0 Å². The molecular formula is C61H46N2. The minimum absolute atomic E-state index is 0.00136. The van der Waals surface area contributed by atoms with Crippen LogP contribution in [-0.4, -0.2) is 11.5 Å². The molecule has 63 heavy (non-hydrogen) atoms. The molecule has 0 saturated carbocycles. The number of allylic oxidation sites excluding steroid dienone is 1. The standard InChI is InChI=1S/C61H46N2/c1-59(2,3)39-25-29-48-49-30-26-40-34-54(49)61(53(48)33-39)51-22-14-13-21-46(51)47-28-24-38(32-52(47)61)57-55(60(40,4)5)35-56(62-58(63-57)36-15-7-6-8-16-36)37-23-27-45-43-19-10-9-17-41(43)42-18-11-12-20-44(42)50(45)31-37/h6-34H,35H2,1-5H3. The summed E-state index contributed by atoms with van der Waals surface area (Å²) < 4.78 is 0. The van der Waals surface area contributed by atoms with Gasteiger partial charge in [0.05, 0.1) is 16.8 Å². The lowest BCUT2D eigenvalue weighted by Crippen LogP contribution is -2.29. The van der Waals surface area contributed by atoms with Gasteiger partial charge in [-0.25, -0.2) is 9.98 Å². The van der Waals surface area contributed by atoms with E-state index < -0.39 is 10.8 Å². The second-order valence-corrected chi connectivity index (χ2v) is 19.7. The van der Waals surface area contributed by atoms with E-state index in [9.17, 15) is 0 Å². The summed E-state index contributed by atoms with van der Waals surface area (Å²) >= 11 is 0. The number of fused-ring (bicyclic) bond motifs is 13. The lowest BCUT2D eigenvalue weighted by Gasteiger charge is -2.36. The summed E-state index contributed by atoms with van der Waals surface area (Å²) in [6, 6.07) is 66.3. The van der Waals surface area contributed by atoms with Crippen LogP contribution in [0.4, 0.5) is 0 Å². The van der Waals surface area contributed by atoms with Crippen molar-refractivity contribution < 1.29 is 0 Å². The van der Waals surface area contributed by atoms with Gasteiger partial charge in [-0.3, -0.25) is 0 Å². The van der Waals surface area contributed by atoms with Crippen LogP contribution in [0.3, 0.4) is 0 Å². The van der Waals surface area contributed by atoms with Crippen molar-refractivity contribution in [2.24, 2.45) is 9.98 Å². The maximum absolute atomic E-state index is 5.77. The summed E-state index contributed by atoms with van der Waals surface area (Å²) in [6.07, 6.45) is 0.647. The second kappa shape index (κ2) is 12.7. The molecule has 0 radical (unpaired) electrons. The normalized spacial score (nSPS) is 17.9. The Balaban J connectivity index is 1.10. The molecule has 0 saturated heterocycles. The first-order valence-corrected chi connectivity index (χ1v) is 22.4. The number of amidine groups is 1. The monoisotopic (exact) mass is 806 g/mol. The fourth-order valence-electron chi connectivity index (χ4n) is 11.7. The molecule has 4 bridgehead atoms. The topological polar surface area (TPSA) is 24.7 Å². The number of rotatable bonds is 2. The molecule has 3 aliphatic carbocycles. The molecule has 4 aliphatic rings. The molecule has 1 heterocycles. The first kappa shape index (κ1) is 36.5. The molecule has 1 aliphatic heterocycles. The lowest BCUT2D eigenvalue weighted by molar-refractivity contribution is 0.588. The van der Waals surface area contributed by atoms with E-state index in [0.29, 0.717) is 6.42 Å². The molecule has 13 rings (SSSR count). The molecule has 300 valence electrons. The Labute approximate surface area is 369 Å². The van der Waals surface area contributed by atoms with Crippen molar-refractivity contribution in [2.45, 2.75) is 57.3 Å². The van der Waals surface area contributed by atoms with Crippen molar-refractivity contribution in [3.8, 4) is 22.3 Å². The molecule has 9 aromatic rings. The Morgan fingerprint density at radius 2 is 0.984 bits per heavy atom. The average molecular weight is 807 g/mol. The molecule has 9 aromatic carbocycles. The molecule has 1 spiro atoms. The minimum Gasteiger partial charge on any atom is -0.232 e. The van der Waals surface area contributed by atoms with Crippen LogP contribution in [0, 0.1) is 0 Å². The summed E-state index contributed by atoms with van der Waals surface area (Å²) in [5.41, 5.74) is 19.1. The fraction of sp³-hybridized carbons (Fsp3) is 0.148. The Hall–Kier alpha value is -7.16. The highest BCUT2D eigenvalue weighted by atomic mass is 14.9.